The number of sulfonamides is 1. The molecule has 26 heavy (non-hydrogen) atoms. The van der Waals surface area contributed by atoms with Gasteiger partial charge in [0, 0.05) is 4.47 Å². The molecule has 3 rings (SSSR count). The minimum atomic E-state index is -3.84. The van der Waals surface area contributed by atoms with Gasteiger partial charge in [-0.25, -0.2) is 8.42 Å². The highest BCUT2D eigenvalue weighted by atomic mass is 79.9. The molecule has 0 amide bonds. The molecule has 0 radical (unpaired) electrons. The van der Waals surface area contributed by atoms with Gasteiger partial charge < -0.3 is 4.74 Å². The zero-order valence-electron chi connectivity index (χ0n) is 14.2. The van der Waals surface area contributed by atoms with Crippen molar-refractivity contribution in [1.29, 1.82) is 0 Å². The lowest BCUT2D eigenvalue weighted by atomic mass is 10.2. The third kappa shape index (κ3) is 3.92. The van der Waals surface area contributed by atoms with Gasteiger partial charge in [0.15, 0.2) is 0 Å². The molecule has 0 aliphatic heterocycles. The third-order valence-corrected chi connectivity index (χ3v) is 6.20. The summed E-state index contributed by atoms with van der Waals surface area (Å²) in [6.45, 7) is 0.225. The summed E-state index contributed by atoms with van der Waals surface area (Å²) in [6.07, 6.45) is 0. The number of anilines is 1. The van der Waals surface area contributed by atoms with E-state index in [1.807, 2.05) is 48.5 Å². The van der Waals surface area contributed by atoms with Crippen molar-refractivity contribution in [2.75, 3.05) is 11.4 Å². The van der Waals surface area contributed by atoms with Crippen LogP contribution in [0, 0.1) is 0 Å². The maximum absolute atomic E-state index is 13.5. The zero-order valence-corrected chi connectivity index (χ0v) is 16.6. The Kier molecular flexibility index (Phi) is 5.64. The Morgan fingerprint density at radius 3 is 2.15 bits per heavy atom. The molecule has 0 fully saturated rings. The van der Waals surface area contributed by atoms with E-state index in [9.17, 15) is 8.42 Å². The van der Waals surface area contributed by atoms with Gasteiger partial charge >= 0.3 is 0 Å². The Morgan fingerprint density at radius 2 is 1.54 bits per heavy atom. The predicted octanol–water partition coefficient (Wildman–Crippen LogP) is 4.85. The monoisotopic (exact) mass is 431 g/mol. The number of hydrogen-bond acceptors (Lipinski definition) is 3. The van der Waals surface area contributed by atoms with E-state index in [4.69, 9.17) is 4.74 Å². The van der Waals surface area contributed by atoms with Crippen molar-refractivity contribution in [3.05, 3.63) is 88.9 Å². The number of para-hydroxylation sites is 1. The lowest BCUT2D eigenvalue weighted by Crippen LogP contribution is -2.30. The van der Waals surface area contributed by atoms with Crippen LogP contribution >= 0.6 is 15.9 Å². The van der Waals surface area contributed by atoms with E-state index in [-0.39, 0.29) is 11.4 Å². The first-order chi connectivity index (χ1) is 12.5. The second kappa shape index (κ2) is 7.93. The summed E-state index contributed by atoms with van der Waals surface area (Å²) >= 11 is 3.35. The first kappa shape index (κ1) is 18.5. The number of rotatable bonds is 6. The molecular weight excluding hydrogens is 414 g/mol. The Hall–Kier alpha value is -2.31. The SMILES string of the molecule is COc1ccc(Br)cc1S(=O)(=O)N(Cc1ccccc1)c1ccccc1. The zero-order chi connectivity index (χ0) is 18.6. The van der Waals surface area contributed by atoms with E-state index < -0.39 is 10.0 Å². The molecule has 0 aliphatic carbocycles. The van der Waals surface area contributed by atoms with E-state index >= 15 is 0 Å². The minimum Gasteiger partial charge on any atom is -0.495 e. The van der Waals surface area contributed by atoms with Gasteiger partial charge in [-0.1, -0.05) is 64.5 Å². The van der Waals surface area contributed by atoms with Crippen LogP contribution in [0.1, 0.15) is 5.56 Å². The summed E-state index contributed by atoms with van der Waals surface area (Å²) < 4.78 is 34.4. The molecule has 3 aromatic carbocycles. The molecule has 0 N–H and O–H groups in total. The van der Waals surface area contributed by atoms with Crippen molar-refractivity contribution in [3.63, 3.8) is 0 Å². The molecule has 0 heterocycles. The van der Waals surface area contributed by atoms with E-state index in [2.05, 4.69) is 15.9 Å². The van der Waals surface area contributed by atoms with Crippen molar-refractivity contribution in [2.24, 2.45) is 0 Å². The predicted molar refractivity (Wildman–Crippen MR) is 107 cm³/mol. The fraction of sp³-hybridized carbons (Fsp3) is 0.100. The van der Waals surface area contributed by atoms with Crippen molar-refractivity contribution in [1.82, 2.24) is 0 Å². The van der Waals surface area contributed by atoms with Gasteiger partial charge in [0.25, 0.3) is 10.0 Å². The van der Waals surface area contributed by atoms with Crippen LogP contribution in [-0.2, 0) is 16.6 Å². The maximum Gasteiger partial charge on any atom is 0.268 e. The Bertz CT molecular complexity index is 976. The van der Waals surface area contributed by atoms with Gasteiger partial charge in [-0.3, -0.25) is 4.31 Å². The largest absolute Gasteiger partial charge is 0.495 e. The van der Waals surface area contributed by atoms with E-state index in [0.29, 0.717) is 15.9 Å². The van der Waals surface area contributed by atoms with E-state index in [1.165, 1.54) is 11.4 Å². The lowest BCUT2D eigenvalue weighted by Gasteiger charge is -2.25. The summed E-state index contributed by atoms with van der Waals surface area (Å²) in [6, 6.07) is 23.5. The van der Waals surface area contributed by atoms with Crippen LogP contribution in [0.2, 0.25) is 0 Å². The molecule has 4 nitrogen and oxygen atoms in total. The average Bonchev–Trinajstić information content (AvgIpc) is 2.67. The van der Waals surface area contributed by atoms with Gasteiger partial charge in [0.2, 0.25) is 0 Å². The third-order valence-electron chi connectivity index (χ3n) is 3.91. The molecular formula is C20H18BrNO3S. The molecule has 0 aliphatic rings. The number of hydrogen-bond donors (Lipinski definition) is 0. The minimum absolute atomic E-state index is 0.120. The van der Waals surface area contributed by atoms with Crippen molar-refractivity contribution in [2.45, 2.75) is 11.4 Å². The summed E-state index contributed by atoms with van der Waals surface area (Å²) in [7, 11) is -2.37. The Morgan fingerprint density at radius 1 is 0.923 bits per heavy atom. The second-order valence-electron chi connectivity index (χ2n) is 5.63. The first-order valence-electron chi connectivity index (χ1n) is 7.97. The lowest BCUT2D eigenvalue weighted by molar-refractivity contribution is 0.402. The van der Waals surface area contributed by atoms with Crippen LogP contribution in [0.3, 0.4) is 0 Å². The van der Waals surface area contributed by atoms with E-state index in [1.54, 1.807) is 30.3 Å². The maximum atomic E-state index is 13.5. The first-order valence-corrected chi connectivity index (χ1v) is 10.2. The molecule has 0 spiro atoms. The average molecular weight is 432 g/mol. The fourth-order valence-electron chi connectivity index (χ4n) is 2.63. The van der Waals surface area contributed by atoms with Crippen molar-refractivity contribution in [3.8, 4) is 5.75 Å². The number of benzene rings is 3. The van der Waals surface area contributed by atoms with Crippen LogP contribution < -0.4 is 9.04 Å². The van der Waals surface area contributed by atoms with Crippen molar-refractivity contribution >= 4 is 31.6 Å². The molecule has 0 bridgehead atoms. The van der Waals surface area contributed by atoms with Gasteiger partial charge in [0.05, 0.1) is 19.3 Å². The molecule has 0 atom stereocenters. The normalized spacial score (nSPS) is 11.2. The number of halogens is 1. The molecule has 134 valence electrons. The van der Waals surface area contributed by atoms with Crippen LogP contribution in [0.4, 0.5) is 5.69 Å². The highest BCUT2D eigenvalue weighted by molar-refractivity contribution is 9.10. The van der Waals surface area contributed by atoms with Crippen LogP contribution in [0.25, 0.3) is 0 Å². The summed E-state index contributed by atoms with van der Waals surface area (Å²) in [5.41, 5.74) is 1.49. The van der Waals surface area contributed by atoms with Gasteiger partial charge in [0.1, 0.15) is 10.6 Å². The van der Waals surface area contributed by atoms with Crippen LogP contribution in [0.15, 0.2) is 88.2 Å². The quantitative estimate of drug-likeness (QED) is 0.559. The Balaban J connectivity index is 2.13. The number of nitrogens with zero attached hydrogens (tertiary/aromatic N) is 1. The molecule has 6 heteroatoms. The standard InChI is InChI=1S/C20H18BrNO3S/c1-25-19-13-12-17(21)14-20(19)26(23,24)22(18-10-6-3-7-11-18)15-16-8-4-2-5-9-16/h2-14H,15H2,1H3. The second-order valence-corrected chi connectivity index (χ2v) is 8.37. The molecule has 3 aromatic rings. The van der Waals surface area contributed by atoms with E-state index in [0.717, 1.165) is 5.56 Å². The van der Waals surface area contributed by atoms with Crippen LogP contribution in [0.5, 0.6) is 5.75 Å². The molecule has 0 aromatic heterocycles. The number of ether oxygens (including phenoxy) is 1. The fourth-order valence-corrected chi connectivity index (χ4v) is 4.78. The summed E-state index contributed by atoms with van der Waals surface area (Å²) in [5.74, 6) is 0.308. The van der Waals surface area contributed by atoms with Gasteiger partial charge in [-0.15, -0.1) is 0 Å². The Labute approximate surface area is 162 Å². The van der Waals surface area contributed by atoms with Gasteiger partial charge in [-0.2, -0.15) is 0 Å². The molecule has 0 saturated carbocycles. The molecule has 0 unspecified atom stereocenters. The molecule has 0 saturated heterocycles. The topological polar surface area (TPSA) is 46.6 Å². The summed E-state index contributed by atoms with van der Waals surface area (Å²) in [4.78, 5) is 0.120. The summed E-state index contributed by atoms with van der Waals surface area (Å²) in [5, 5.41) is 0. The van der Waals surface area contributed by atoms with Crippen molar-refractivity contribution < 1.29 is 13.2 Å². The van der Waals surface area contributed by atoms with Crippen LogP contribution in [-0.4, -0.2) is 15.5 Å². The highest BCUT2D eigenvalue weighted by Gasteiger charge is 2.28. The number of methoxy groups -OCH3 is 1. The highest BCUT2D eigenvalue weighted by Crippen LogP contribution is 2.33. The smallest absolute Gasteiger partial charge is 0.268 e. The van der Waals surface area contributed by atoms with Gasteiger partial charge in [-0.05, 0) is 35.9 Å².